The van der Waals surface area contributed by atoms with E-state index >= 15 is 0 Å². The van der Waals surface area contributed by atoms with Gasteiger partial charge in [0.25, 0.3) is 5.91 Å². The number of pyridine rings is 1. The van der Waals surface area contributed by atoms with Crippen LogP contribution >= 0.6 is 0 Å². The fraction of sp³-hybridized carbons (Fsp3) is 0.444. The van der Waals surface area contributed by atoms with Gasteiger partial charge < -0.3 is 10.0 Å². The molecule has 0 aliphatic carbocycles. The van der Waals surface area contributed by atoms with Crippen molar-refractivity contribution in [1.82, 2.24) is 14.8 Å². The Kier molecular flexibility index (Phi) is 4.88. The van der Waals surface area contributed by atoms with Crippen molar-refractivity contribution in [2.45, 2.75) is 19.4 Å². The molecule has 1 saturated heterocycles. The van der Waals surface area contributed by atoms with Gasteiger partial charge in [-0.05, 0) is 18.6 Å². The van der Waals surface area contributed by atoms with E-state index in [1.165, 1.54) is 0 Å². The van der Waals surface area contributed by atoms with Gasteiger partial charge in [-0.2, -0.15) is 0 Å². The number of aliphatic hydroxyl groups excluding tert-OH is 1. The van der Waals surface area contributed by atoms with Crippen molar-refractivity contribution >= 4 is 16.8 Å². The number of para-hydroxylation sites is 1. The summed E-state index contributed by atoms with van der Waals surface area (Å²) in [6, 6.07) is 9.59. The average Bonchev–Trinajstić information content (AvgIpc) is 2.61. The number of carbonyl (C=O) groups excluding carboxylic acids is 1. The summed E-state index contributed by atoms with van der Waals surface area (Å²) in [4.78, 5) is 21.3. The summed E-state index contributed by atoms with van der Waals surface area (Å²) in [6.45, 7) is 5.67. The number of benzene rings is 1. The van der Waals surface area contributed by atoms with Gasteiger partial charge >= 0.3 is 0 Å². The molecule has 1 fully saturated rings. The molecule has 0 radical (unpaired) electrons. The van der Waals surface area contributed by atoms with Crippen LogP contribution in [0.1, 0.15) is 23.7 Å². The van der Waals surface area contributed by atoms with E-state index < -0.39 is 0 Å². The maximum atomic E-state index is 12.8. The van der Waals surface area contributed by atoms with Gasteiger partial charge in [0.1, 0.15) is 0 Å². The number of rotatable bonds is 4. The standard InChI is InChI=1S/C18H23N3O2/c1-2-15(22)13-20-9-11-21(12-10-20)18(23)16-7-3-5-14-6-4-8-19-17(14)16/h3-8,15,22H,2,9-13H2,1H3/t15-/m1/s1. The van der Waals surface area contributed by atoms with Gasteiger partial charge in [-0.1, -0.05) is 25.1 Å². The van der Waals surface area contributed by atoms with Crippen LogP contribution in [0.5, 0.6) is 0 Å². The van der Waals surface area contributed by atoms with Crippen molar-refractivity contribution in [2.75, 3.05) is 32.7 Å². The zero-order valence-electron chi connectivity index (χ0n) is 13.5. The molecular formula is C18H23N3O2. The SMILES string of the molecule is CC[C@@H](O)CN1CCN(C(=O)c2cccc3cccnc23)CC1. The van der Waals surface area contributed by atoms with Crippen LogP contribution < -0.4 is 0 Å². The van der Waals surface area contributed by atoms with Crippen LogP contribution in [0.15, 0.2) is 36.5 Å². The number of nitrogens with zero attached hydrogens (tertiary/aromatic N) is 3. The summed E-state index contributed by atoms with van der Waals surface area (Å²) in [5.74, 6) is 0.0463. The molecule has 2 aromatic rings. The first-order valence-corrected chi connectivity index (χ1v) is 8.22. The third-order valence-corrected chi connectivity index (χ3v) is 4.46. The molecule has 1 atom stereocenters. The Labute approximate surface area is 136 Å². The molecule has 2 heterocycles. The molecule has 1 aromatic heterocycles. The highest BCUT2D eigenvalue weighted by molar-refractivity contribution is 6.05. The quantitative estimate of drug-likeness (QED) is 0.934. The van der Waals surface area contributed by atoms with Crippen molar-refractivity contribution < 1.29 is 9.90 Å². The summed E-state index contributed by atoms with van der Waals surface area (Å²) in [7, 11) is 0. The fourth-order valence-corrected chi connectivity index (χ4v) is 3.01. The molecule has 0 unspecified atom stereocenters. The average molecular weight is 313 g/mol. The number of carbonyl (C=O) groups is 1. The number of aliphatic hydroxyl groups is 1. The first kappa shape index (κ1) is 15.9. The molecule has 1 aromatic carbocycles. The largest absolute Gasteiger partial charge is 0.392 e. The summed E-state index contributed by atoms with van der Waals surface area (Å²) >= 11 is 0. The molecule has 122 valence electrons. The molecule has 1 aliphatic heterocycles. The molecule has 0 saturated carbocycles. The van der Waals surface area contributed by atoms with Crippen LogP contribution in [0.4, 0.5) is 0 Å². The minimum Gasteiger partial charge on any atom is -0.392 e. The van der Waals surface area contributed by atoms with Gasteiger partial charge in [-0.3, -0.25) is 14.7 Å². The summed E-state index contributed by atoms with van der Waals surface area (Å²) in [5, 5.41) is 10.7. The lowest BCUT2D eigenvalue weighted by atomic mass is 10.1. The lowest BCUT2D eigenvalue weighted by molar-refractivity contribution is 0.0525. The van der Waals surface area contributed by atoms with E-state index in [0.29, 0.717) is 25.2 Å². The number of piperazine rings is 1. The number of fused-ring (bicyclic) bond motifs is 1. The Morgan fingerprint density at radius 2 is 1.96 bits per heavy atom. The number of β-amino-alcohol motifs (C(OH)–C–C–N with tert-alkyl or cyclic N) is 1. The normalized spacial score (nSPS) is 17.4. The first-order valence-electron chi connectivity index (χ1n) is 8.22. The zero-order valence-corrected chi connectivity index (χ0v) is 13.5. The second kappa shape index (κ2) is 7.06. The Morgan fingerprint density at radius 1 is 1.22 bits per heavy atom. The highest BCUT2D eigenvalue weighted by Gasteiger charge is 2.24. The van der Waals surface area contributed by atoms with Crippen molar-refractivity contribution in [1.29, 1.82) is 0 Å². The number of aromatic nitrogens is 1. The van der Waals surface area contributed by atoms with Crippen molar-refractivity contribution in [3.8, 4) is 0 Å². The number of hydrogen-bond donors (Lipinski definition) is 1. The van der Waals surface area contributed by atoms with Crippen LogP contribution in [0.3, 0.4) is 0 Å². The molecular weight excluding hydrogens is 290 g/mol. The van der Waals surface area contributed by atoms with E-state index in [1.54, 1.807) is 6.20 Å². The van der Waals surface area contributed by atoms with Crippen LogP contribution in [-0.2, 0) is 0 Å². The van der Waals surface area contributed by atoms with Gasteiger partial charge in [-0.25, -0.2) is 0 Å². The second-order valence-electron chi connectivity index (χ2n) is 6.04. The maximum Gasteiger partial charge on any atom is 0.256 e. The molecule has 3 rings (SSSR count). The predicted octanol–water partition coefficient (Wildman–Crippen LogP) is 1.76. The molecule has 1 aliphatic rings. The molecule has 1 amide bonds. The van der Waals surface area contributed by atoms with Crippen molar-refractivity contribution in [2.24, 2.45) is 0 Å². The maximum absolute atomic E-state index is 12.8. The zero-order chi connectivity index (χ0) is 16.2. The predicted molar refractivity (Wildman–Crippen MR) is 90.4 cm³/mol. The van der Waals surface area contributed by atoms with E-state index in [2.05, 4.69) is 9.88 Å². The van der Waals surface area contributed by atoms with Crippen LogP contribution in [0.2, 0.25) is 0 Å². The van der Waals surface area contributed by atoms with Gasteiger partial charge in [-0.15, -0.1) is 0 Å². The van der Waals surface area contributed by atoms with Gasteiger partial charge in [0.05, 0.1) is 17.2 Å². The highest BCUT2D eigenvalue weighted by atomic mass is 16.3. The van der Waals surface area contributed by atoms with Gasteiger partial charge in [0, 0.05) is 44.3 Å². The highest BCUT2D eigenvalue weighted by Crippen LogP contribution is 2.18. The summed E-state index contributed by atoms with van der Waals surface area (Å²) < 4.78 is 0. The minimum atomic E-state index is -0.278. The first-order chi connectivity index (χ1) is 11.2. The molecule has 1 N–H and O–H groups in total. The third-order valence-electron chi connectivity index (χ3n) is 4.46. The molecule has 5 nitrogen and oxygen atoms in total. The molecule has 23 heavy (non-hydrogen) atoms. The fourth-order valence-electron chi connectivity index (χ4n) is 3.01. The van der Waals surface area contributed by atoms with E-state index in [4.69, 9.17) is 0 Å². The Balaban J connectivity index is 1.70. The van der Waals surface area contributed by atoms with E-state index in [-0.39, 0.29) is 12.0 Å². The molecule has 5 heteroatoms. The monoisotopic (exact) mass is 313 g/mol. The topological polar surface area (TPSA) is 56.7 Å². The van der Waals surface area contributed by atoms with Crippen molar-refractivity contribution in [3.05, 3.63) is 42.1 Å². The molecule has 0 bridgehead atoms. The van der Waals surface area contributed by atoms with E-state index in [0.717, 1.165) is 30.4 Å². The number of amides is 1. The van der Waals surface area contributed by atoms with E-state index in [1.807, 2.05) is 42.2 Å². The molecule has 0 spiro atoms. The summed E-state index contributed by atoms with van der Waals surface area (Å²) in [6.07, 6.45) is 2.21. The lowest BCUT2D eigenvalue weighted by Crippen LogP contribution is -2.50. The lowest BCUT2D eigenvalue weighted by Gasteiger charge is -2.35. The van der Waals surface area contributed by atoms with E-state index in [9.17, 15) is 9.90 Å². The van der Waals surface area contributed by atoms with Crippen LogP contribution in [0, 0.1) is 0 Å². The van der Waals surface area contributed by atoms with Gasteiger partial charge in [0.15, 0.2) is 0 Å². The smallest absolute Gasteiger partial charge is 0.256 e. The number of hydrogen-bond acceptors (Lipinski definition) is 4. The Bertz CT molecular complexity index is 676. The minimum absolute atomic E-state index is 0.0463. The van der Waals surface area contributed by atoms with Crippen LogP contribution in [0.25, 0.3) is 10.9 Å². The van der Waals surface area contributed by atoms with Crippen molar-refractivity contribution in [3.63, 3.8) is 0 Å². The van der Waals surface area contributed by atoms with Crippen LogP contribution in [-0.4, -0.2) is 64.6 Å². The summed E-state index contributed by atoms with van der Waals surface area (Å²) in [5.41, 5.74) is 1.44. The third kappa shape index (κ3) is 3.51. The second-order valence-corrected chi connectivity index (χ2v) is 6.04. The Hall–Kier alpha value is -1.98. The van der Waals surface area contributed by atoms with Gasteiger partial charge in [0.2, 0.25) is 0 Å². The Morgan fingerprint density at radius 3 is 2.70 bits per heavy atom.